The van der Waals surface area contributed by atoms with E-state index >= 15 is 0 Å². The minimum Gasteiger partial charge on any atom is -0.456 e. The van der Waals surface area contributed by atoms with Gasteiger partial charge in [-0.25, -0.2) is 0 Å². The molecule has 56 heavy (non-hydrogen) atoms. The molecule has 0 saturated carbocycles. The fraction of sp³-hybridized carbons (Fsp3) is 0. The molecule has 0 aliphatic carbocycles. The normalized spacial score (nSPS) is 12.3. The Balaban J connectivity index is 1.15. The highest BCUT2D eigenvalue weighted by molar-refractivity contribution is 6.29. The molecule has 0 aliphatic rings. The van der Waals surface area contributed by atoms with Crippen LogP contribution >= 0.6 is 0 Å². The van der Waals surface area contributed by atoms with E-state index in [4.69, 9.17) is 9.40 Å². The van der Waals surface area contributed by atoms with Gasteiger partial charge < -0.3 is 18.1 Å². The Hall–Kier alpha value is -7.63. The number of nitrogens with zero attached hydrogens (tertiary/aromatic N) is 4. The van der Waals surface area contributed by atoms with Gasteiger partial charge in [0.2, 0.25) is 0 Å². The number of aromatic nitrogens is 4. The molecule has 0 unspecified atom stereocenters. The molecule has 0 N–H and O–H groups in total. The van der Waals surface area contributed by atoms with E-state index in [1.165, 1.54) is 43.4 Å². The van der Waals surface area contributed by atoms with Crippen LogP contribution in [0.15, 0.2) is 187 Å². The van der Waals surface area contributed by atoms with Gasteiger partial charge in [-0.1, -0.05) is 103 Å². The van der Waals surface area contributed by atoms with Gasteiger partial charge >= 0.3 is 0 Å². The van der Waals surface area contributed by atoms with E-state index in [0.717, 1.165) is 72.0 Å². The van der Waals surface area contributed by atoms with Crippen LogP contribution in [0.25, 0.3) is 115 Å². The molecule has 0 amide bonds. The summed E-state index contributed by atoms with van der Waals surface area (Å²) in [6.07, 6.45) is 2.00. The molecule has 5 aromatic heterocycles. The van der Waals surface area contributed by atoms with Crippen LogP contribution in [-0.4, -0.2) is 18.7 Å². The number of hydrogen-bond acceptors (Lipinski definition) is 2. The van der Waals surface area contributed by atoms with Crippen molar-refractivity contribution in [2.24, 2.45) is 0 Å². The second kappa shape index (κ2) is 11.0. The van der Waals surface area contributed by atoms with Crippen molar-refractivity contribution in [3.63, 3.8) is 0 Å². The van der Waals surface area contributed by atoms with E-state index in [1.54, 1.807) is 0 Å². The molecule has 5 heterocycles. The lowest BCUT2D eigenvalue weighted by Gasteiger charge is -2.12. The summed E-state index contributed by atoms with van der Waals surface area (Å²) < 4.78 is 13.7. The van der Waals surface area contributed by atoms with Gasteiger partial charge in [0.15, 0.2) is 0 Å². The highest BCUT2D eigenvalue weighted by atomic mass is 16.3. The molecule has 5 nitrogen and oxygen atoms in total. The number of furan rings is 1. The fourth-order valence-corrected chi connectivity index (χ4v) is 9.63. The second-order valence-electron chi connectivity index (χ2n) is 14.7. The van der Waals surface area contributed by atoms with Crippen LogP contribution in [-0.2, 0) is 0 Å². The largest absolute Gasteiger partial charge is 0.456 e. The van der Waals surface area contributed by atoms with Gasteiger partial charge in [-0.3, -0.25) is 4.98 Å². The van der Waals surface area contributed by atoms with Crippen LogP contribution < -0.4 is 0 Å². The van der Waals surface area contributed by atoms with Crippen LogP contribution in [0.5, 0.6) is 0 Å². The molecule has 0 fully saturated rings. The van der Waals surface area contributed by atoms with E-state index in [-0.39, 0.29) is 0 Å². The van der Waals surface area contributed by atoms with Crippen molar-refractivity contribution < 1.29 is 4.42 Å². The molecule has 13 rings (SSSR count). The van der Waals surface area contributed by atoms with Crippen molar-refractivity contribution >= 4 is 98.3 Å². The molecule has 0 spiro atoms. The van der Waals surface area contributed by atoms with Gasteiger partial charge in [0.05, 0.1) is 67.3 Å². The minimum atomic E-state index is 0.885. The van der Waals surface area contributed by atoms with E-state index < -0.39 is 0 Å². The Morgan fingerprint density at radius 1 is 0.357 bits per heavy atom. The van der Waals surface area contributed by atoms with Crippen LogP contribution in [0.1, 0.15) is 0 Å². The van der Waals surface area contributed by atoms with Crippen LogP contribution in [0.2, 0.25) is 0 Å². The molecule has 260 valence electrons. The summed E-state index contributed by atoms with van der Waals surface area (Å²) in [6.45, 7) is 0. The standard InChI is InChI=1S/C51H30N4O/c1-6-18-37-31(13-1)29-32(30-52-37)53-38-19-7-3-15-34(38)50-44(53)27-28-45-51(50)35-16-4-9-21-40(35)55(45)42-23-11-22-41-48(42)33-14-2-8-20-39(33)54(41)43-24-12-26-47-49(43)36-17-5-10-25-46(36)56-47/h1-30H. The number of pyridine rings is 1. The molecule has 0 atom stereocenters. The third-order valence-corrected chi connectivity index (χ3v) is 11.8. The Kier molecular flexibility index (Phi) is 5.83. The summed E-state index contributed by atoms with van der Waals surface area (Å²) in [5.74, 6) is 0. The Bertz CT molecular complexity index is 3780. The first-order valence-electron chi connectivity index (χ1n) is 19.1. The Morgan fingerprint density at radius 3 is 1.59 bits per heavy atom. The van der Waals surface area contributed by atoms with Gasteiger partial charge in [-0.15, -0.1) is 0 Å². The van der Waals surface area contributed by atoms with Gasteiger partial charge in [0.25, 0.3) is 0 Å². The van der Waals surface area contributed by atoms with E-state index in [2.05, 4.69) is 177 Å². The Morgan fingerprint density at radius 2 is 0.857 bits per heavy atom. The predicted molar refractivity (Wildman–Crippen MR) is 232 cm³/mol. The minimum absolute atomic E-state index is 0.885. The topological polar surface area (TPSA) is 40.8 Å². The lowest BCUT2D eigenvalue weighted by atomic mass is 10.1. The summed E-state index contributed by atoms with van der Waals surface area (Å²) in [4.78, 5) is 4.88. The summed E-state index contributed by atoms with van der Waals surface area (Å²) in [5.41, 5.74) is 13.1. The van der Waals surface area contributed by atoms with Crippen LogP contribution in [0.3, 0.4) is 0 Å². The highest BCUT2D eigenvalue weighted by Crippen LogP contribution is 2.45. The SMILES string of the molecule is c1ccc2ncc(-n3c4ccccc4c4c5c6ccccc6n(-c6cccc7c6c6ccccc6n7-c6cccc7oc8ccccc8c67)c5ccc43)cc2c1. The fourth-order valence-electron chi connectivity index (χ4n) is 9.63. The number of fused-ring (bicyclic) bond motifs is 14. The maximum atomic E-state index is 6.39. The quantitative estimate of drug-likeness (QED) is 0.183. The molecular weight excluding hydrogens is 685 g/mol. The summed E-state index contributed by atoms with van der Waals surface area (Å²) in [6, 6.07) is 63.2. The maximum absolute atomic E-state index is 6.39. The molecule has 0 radical (unpaired) electrons. The molecular formula is C51H30N4O. The number of hydrogen-bond donors (Lipinski definition) is 0. The van der Waals surface area contributed by atoms with E-state index in [1.807, 2.05) is 18.3 Å². The molecule has 13 aromatic rings. The van der Waals surface area contributed by atoms with Crippen molar-refractivity contribution in [2.45, 2.75) is 0 Å². The average molecular weight is 715 g/mol. The van der Waals surface area contributed by atoms with Gasteiger partial charge in [0.1, 0.15) is 11.2 Å². The molecule has 0 bridgehead atoms. The molecule has 0 aliphatic heterocycles. The molecule has 0 saturated heterocycles. The van der Waals surface area contributed by atoms with Crippen molar-refractivity contribution in [1.29, 1.82) is 0 Å². The zero-order chi connectivity index (χ0) is 36.5. The number of para-hydroxylation sites is 5. The van der Waals surface area contributed by atoms with Crippen molar-refractivity contribution in [3.05, 3.63) is 182 Å². The third kappa shape index (κ3) is 3.85. The smallest absolute Gasteiger partial charge is 0.137 e. The average Bonchev–Trinajstić information content (AvgIpc) is 4.00. The van der Waals surface area contributed by atoms with Crippen LogP contribution in [0.4, 0.5) is 0 Å². The first-order chi connectivity index (χ1) is 27.8. The van der Waals surface area contributed by atoms with Crippen molar-refractivity contribution in [2.75, 3.05) is 0 Å². The maximum Gasteiger partial charge on any atom is 0.137 e. The van der Waals surface area contributed by atoms with Crippen LogP contribution in [0, 0.1) is 0 Å². The molecule has 8 aromatic carbocycles. The summed E-state index contributed by atoms with van der Waals surface area (Å²) in [5, 5.41) is 10.7. The van der Waals surface area contributed by atoms with Gasteiger partial charge in [-0.05, 0) is 72.8 Å². The first kappa shape index (κ1) is 29.8. The van der Waals surface area contributed by atoms with E-state index in [9.17, 15) is 0 Å². The van der Waals surface area contributed by atoms with Gasteiger partial charge in [-0.2, -0.15) is 0 Å². The number of benzene rings is 8. The van der Waals surface area contributed by atoms with E-state index in [0.29, 0.717) is 0 Å². The lowest BCUT2D eigenvalue weighted by Crippen LogP contribution is -1.97. The zero-order valence-electron chi connectivity index (χ0n) is 30.0. The summed E-state index contributed by atoms with van der Waals surface area (Å²) in [7, 11) is 0. The Labute approximate surface area is 319 Å². The first-order valence-corrected chi connectivity index (χ1v) is 19.1. The predicted octanol–water partition coefficient (Wildman–Crippen LogP) is 13.4. The zero-order valence-corrected chi connectivity index (χ0v) is 30.0. The lowest BCUT2D eigenvalue weighted by molar-refractivity contribution is 0.669. The van der Waals surface area contributed by atoms with Gasteiger partial charge in [0, 0.05) is 43.1 Å². The second-order valence-corrected chi connectivity index (χ2v) is 14.7. The number of rotatable bonds is 3. The molecule has 5 heteroatoms. The van der Waals surface area contributed by atoms with Crippen molar-refractivity contribution in [3.8, 4) is 17.1 Å². The monoisotopic (exact) mass is 714 g/mol. The highest BCUT2D eigenvalue weighted by Gasteiger charge is 2.24. The van der Waals surface area contributed by atoms with Crippen molar-refractivity contribution in [1.82, 2.24) is 18.7 Å². The third-order valence-electron chi connectivity index (χ3n) is 11.8. The summed E-state index contributed by atoms with van der Waals surface area (Å²) >= 11 is 0.